The predicted molar refractivity (Wildman–Crippen MR) is 112 cm³/mol. The van der Waals surface area contributed by atoms with Gasteiger partial charge in [-0.25, -0.2) is 0 Å². The number of terminal acetylenes is 1. The fourth-order valence-corrected chi connectivity index (χ4v) is 3.65. The first-order valence-electron chi connectivity index (χ1n) is 9.06. The highest BCUT2D eigenvalue weighted by atomic mass is 32.1. The molecule has 1 aromatic heterocycles. The largest absolute Gasteiger partial charge is 0.370 e. The fraction of sp³-hybridized carbons (Fsp3) is 0.286. The van der Waals surface area contributed by atoms with Gasteiger partial charge in [0.2, 0.25) is 5.91 Å². The van der Waals surface area contributed by atoms with Crippen molar-refractivity contribution in [3.05, 3.63) is 45.6 Å². The molecule has 0 bridgehead atoms. The highest BCUT2D eigenvalue weighted by molar-refractivity contribution is 7.14. The van der Waals surface area contributed by atoms with Gasteiger partial charge in [-0.2, -0.15) is 0 Å². The third kappa shape index (κ3) is 4.83. The van der Waals surface area contributed by atoms with Gasteiger partial charge in [0, 0.05) is 17.9 Å². The number of benzene rings is 1. The summed E-state index contributed by atoms with van der Waals surface area (Å²) in [6, 6.07) is 7.91. The zero-order valence-electron chi connectivity index (χ0n) is 16.2. The summed E-state index contributed by atoms with van der Waals surface area (Å²) in [7, 11) is 0. The maximum Gasteiger partial charge on any atom is 0.262 e. The van der Waals surface area contributed by atoms with E-state index in [1.54, 1.807) is 42.2 Å². The van der Waals surface area contributed by atoms with Crippen LogP contribution < -0.4 is 15.5 Å². The van der Waals surface area contributed by atoms with E-state index in [0.29, 0.717) is 28.6 Å². The van der Waals surface area contributed by atoms with Crippen LogP contribution in [0.5, 0.6) is 0 Å². The molecule has 0 spiro atoms. The van der Waals surface area contributed by atoms with Crippen molar-refractivity contribution in [3.63, 3.8) is 0 Å². The van der Waals surface area contributed by atoms with Gasteiger partial charge in [0.05, 0.1) is 16.4 Å². The van der Waals surface area contributed by atoms with Crippen LogP contribution in [0.15, 0.2) is 30.3 Å². The van der Waals surface area contributed by atoms with Crippen LogP contribution in [0.1, 0.15) is 27.0 Å². The molecule has 2 aromatic rings. The van der Waals surface area contributed by atoms with E-state index in [4.69, 9.17) is 11.2 Å². The molecule has 150 valence electrons. The lowest BCUT2D eigenvalue weighted by molar-refractivity contribution is -0.125. The van der Waals surface area contributed by atoms with Gasteiger partial charge in [0.25, 0.3) is 11.8 Å². The Morgan fingerprint density at radius 3 is 2.76 bits per heavy atom. The number of nitrogens with zero attached hydrogens (tertiary/aromatic N) is 1. The number of anilines is 2. The van der Waals surface area contributed by atoms with Crippen LogP contribution in [-0.4, -0.2) is 43.5 Å². The van der Waals surface area contributed by atoms with E-state index in [1.165, 1.54) is 11.3 Å². The van der Waals surface area contributed by atoms with Crippen molar-refractivity contribution in [1.29, 1.82) is 0 Å². The summed E-state index contributed by atoms with van der Waals surface area (Å²) in [5.74, 6) is 1.69. The highest BCUT2D eigenvalue weighted by Crippen LogP contribution is 2.25. The molecule has 0 radical (unpaired) electrons. The van der Waals surface area contributed by atoms with Gasteiger partial charge in [-0.15, -0.1) is 17.8 Å². The van der Waals surface area contributed by atoms with E-state index in [0.717, 1.165) is 11.3 Å². The molecule has 2 N–H and O–H groups in total. The lowest BCUT2D eigenvalue weighted by atomic mass is 10.1. The van der Waals surface area contributed by atoms with Crippen molar-refractivity contribution >= 4 is 40.4 Å². The van der Waals surface area contributed by atoms with E-state index >= 15 is 0 Å². The monoisotopic (exact) mass is 411 g/mol. The Labute approximate surface area is 173 Å². The second-order valence-corrected chi connectivity index (χ2v) is 7.68. The second kappa shape index (κ2) is 8.90. The number of amides is 3. The maximum absolute atomic E-state index is 12.5. The molecule has 1 fully saturated rings. The van der Waals surface area contributed by atoms with Crippen molar-refractivity contribution in [2.75, 3.05) is 30.0 Å². The molecule has 1 atom stereocenters. The van der Waals surface area contributed by atoms with Crippen LogP contribution in [-0.2, 0) is 14.3 Å². The summed E-state index contributed by atoms with van der Waals surface area (Å²) in [6.45, 7) is 4.55. The average Bonchev–Trinajstić information content (AvgIpc) is 3.18. The molecule has 0 aliphatic carbocycles. The molecule has 8 heteroatoms. The van der Waals surface area contributed by atoms with Gasteiger partial charge >= 0.3 is 0 Å². The van der Waals surface area contributed by atoms with Crippen LogP contribution in [0.25, 0.3) is 0 Å². The van der Waals surface area contributed by atoms with Gasteiger partial charge in [0.1, 0.15) is 12.6 Å². The van der Waals surface area contributed by atoms with Crippen molar-refractivity contribution in [1.82, 2.24) is 5.32 Å². The zero-order valence-corrected chi connectivity index (χ0v) is 17.0. The fourth-order valence-electron chi connectivity index (χ4n) is 2.93. The maximum atomic E-state index is 12.5. The molecule has 1 aliphatic heterocycles. The van der Waals surface area contributed by atoms with Crippen molar-refractivity contribution in [3.8, 4) is 12.3 Å². The average molecular weight is 411 g/mol. The number of thiophene rings is 1. The number of carbonyl (C=O) groups is 3. The molecule has 3 amide bonds. The molecule has 1 aliphatic rings. The van der Waals surface area contributed by atoms with Gasteiger partial charge in [-0.05, 0) is 49.7 Å². The first-order valence-corrected chi connectivity index (χ1v) is 9.87. The summed E-state index contributed by atoms with van der Waals surface area (Å²) >= 11 is 1.19. The van der Waals surface area contributed by atoms with Gasteiger partial charge < -0.3 is 20.3 Å². The minimum absolute atomic E-state index is 0.0716. The molecule has 0 saturated carbocycles. The Morgan fingerprint density at radius 1 is 1.31 bits per heavy atom. The molecular formula is C21H21N3O4S. The number of morpholine rings is 1. The lowest BCUT2D eigenvalue weighted by Gasteiger charge is -2.28. The van der Waals surface area contributed by atoms with E-state index in [1.807, 2.05) is 6.92 Å². The highest BCUT2D eigenvalue weighted by Gasteiger charge is 2.22. The van der Waals surface area contributed by atoms with Gasteiger partial charge in [-0.3, -0.25) is 14.4 Å². The first-order chi connectivity index (χ1) is 13.9. The Bertz CT molecular complexity index is 992. The lowest BCUT2D eigenvalue weighted by Crippen LogP contribution is -2.42. The zero-order chi connectivity index (χ0) is 21.0. The smallest absolute Gasteiger partial charge is 0.262 e. The van der Waals surface area contributed by atoms with Crippen LogP contribution >= 0.6 is 11.3 Å². The SMILES string of the molecule is C#Cc1ccc(C(=O)NC(C)C(=O)Nc2ccc(N3CCOCC3=O)c(C)c2)s1. The standard InChI is InChI=1S/C21H21N3O4S/c1-4-16-6-8-18(29-16)21(27)22-14(3)20(26)23-15-5-7-17(13(2)11-15)24-9-10-28-12-19(24)25/h1,5-8,11,14H,9-10,12H2,2-3H3,(H,22,27)(H,23,26). The first kappa shape index (κ1) is 20.6. The number of carbonyl (C=O) groups excluding carboxylic acids is 3. The van der Waals surface area contributed by atoms with E-state index in [9.17, 15) is 14.4 Å². The molecule has 7 nitrogen and oxygen atoms in total. The number of ether oxygens (including phenoxy) is 1. The number of hydrogen-bond donors (Lipinski definition) is 2. The molecule has 3 rings (SSSR count). The summed E-state index contributed by atoms with van der Waals surface area (Å²) in [6.07, 6.45) is 5.31. The van der Waals surface area contributed by atoms with Crippen LogP contribution in [0.4, 0.5) is 11.4 Å². The minimum Gasteiger partial charge on any atom is -0.370 e. The molecule has 2 heterocycles. The molecular weight excluding hydrogens is 390 g/mol. The Balaban J connectivity index is 1.62. The van der Waals surface area contributed by atoms with Gasteiger partial charge in [-0.1, -0.05) is 5.92 Å². The molecule has 1 saturated heterocycles. The minimum atomic E-state index is -0.736. The third-order valence-electron chi connectivity index (χ3n) is 4.45. The molecule has 29 heavy (non-hydrogen) atoms. The topological polar surface area (TPSA) is 87.7 Å². The van der Waals surface area contributed by atoms with Crippen molar-refractivity contribution < 1.29 is 19.1 Å². The molecule has 1 unspecified atom stereocenters. The summed E-state index contributed by atoms with van der Waals surface area (Å²) < 4.78 is 5.16. The Hall–Kier alpha value is -3.15. The Morgan fingerprint density at radius 2 is 2.10 bits per heavy atom. The van der Waals surface area contributed by atoms with Crippen LogP contribution in [0.3, 0.4) is 0 Å². The predicted octanol–water partition coefficient (Wildman–Crippen LogP) is 2.16. The van der Waals surface area contributed by atoms with Crippen molar-refractivity contribution in [2.24, 2.45) is 0 Å². The third-order valence-corrected chi connectivity index (χ3v) is 5.47. The number of nitrogens with one attached hydrogen (secondary N) is 2. The van der Waals surface area contributed by atoms with Crippen LogP contribution in [0.2, 0.25) is 0 Å². The summed E-state index contributed by atoms with van der Waals surface area (Å²) in [5.41, 5.74) is 2.23. The second-order valence-electron chi connectivity index (χ2n) is 6.59. The molecule has 1 aromatic carbocycles. The number of aryl methyl sites for hydroxylation is 1. The van der Waals surface area contributed by atoms with Crippen LogP contribution in [0, 0.1) is 19.3 Å². The quantitative estimate of drug-likeness (QED) is 0.738. The number of hydrogen-bond acceptors (Lipinski definition) is 5. The van der Waals surface area contributed by atoms with E-state index < -0.39 is 6.04 Å². The van der Waals surface area contributed by atoms with E-state index in [-0.39, 0.29) is 24.3 Å². The van der Waals surface area contributed by atoms with Gasteiger partial charge in [0.15, 0.2) is 0 Å². The Kier molecular flexibility index (Phi) is 6.32. The van der Waals surface area contributed by atoms with Crippen molar-refractivity contribution in [2.45, 2.75) is 19.9 Å². The summed E-state index contributed by atoms with van der Waals surface area (Å²) in [4.78, 5) is 39.5. The van der Waals surface area contributed by atoms with E-state index in [2.05, 4.69) is 16.6 Å². The normalized spacial score (nSPS) is 14.8. The summed E-state index contributed by atoms with van der Waals surface area (Å²) in [5, 5.41) is 5.45. The number of rotatable bonds is 5.